The fraction of sp³-hybridized carbons (Fsp3) is 0.103. The van der Waals surface area contributed by atoms with Crippen molar-refractivity contribution < 1.29 is 19.3 Å². The van der Waals surface area contributed by atoms with Crippen LogP contribution in [0.5, 0.6) is 0 Å². The van der Waals surface area contributed by atoms with E-state index >= 15 is 0 Å². The zero-order valence-electron chi connectivity index (χ0n) is 19.5. The lowest BCUT2D eigenvalue weighted by atomic mass is 9.69. The number of rotatable bonds is 5. The molecule has 0 aromatic heterocycles. The first-order valence-corrected chi connectivity index (χ1v) is 11.8. The van der Waals surface area contributed by atoms with Gasteiger partial charge in [0.1, 0.15) is 11.5 Å². The lowest BCUT2D eigenvalue weighted by molar-refractivity contribution is -0.384. The monoisotopic (exact) mass is 491 g/mol. The molecule has 4 aromatic carbocycles. The molecule has 8 nitrogen and oxygen atoms in total. The Labute approximate surface area is 212 Å². The van der Waals surface area contributed by atoms with Crippen molar-refractivity contribution in [2.75, 3.05) is 9.96 Å². The number of fused-ring (bicyclic) bond motifs is 1. The van der Waals surface area contributed by atoms with Crippen molar-refractivity contribution in [2.24, 2.45) is 0 Å². The molecule has 0 spiro atoms. The highest BCUT2D eigenvalue weighted by molar-refractivity contribution is 6.28. The number of carbonyl (C=O) groups is 2. The predicted octanol–water partition coefficient (Wildman–Crippen LogP) is 4.97. The molecule has 2 saturated heterocycles. The van der Waals surface area contributed by atoms with Gasteiger partial charge in [-0.1, -0.05) is 84.9 Å². The third-order valence-electron chi connectivity index (χ3n) is 6.98. The molecule has 2 aliphatic rings. The minimum Gasteiger partial charge on any atom is -0.273 e. The first-order chi connectivity index (χ1) is 18.0. The minimum atomic E-state index is -1.44. The molecule has 0 saturated carbocycles. The van der Waals surface area contributed by atoms with E-state index < -0.39 is 34.3 Å². The van der Waals surface area contributed by atoms with Gasteiger partial charge in [-0.3, -0.25) is 24.5 Å². The smallest absolute Gasteiger partial charge is 0.271 e. The fourth-order valence-corrected chi connectivity index (χ4v) is 5.41. The van der Waals surface area contributed by atoms with Crippen LogP contribution < -0.4 is 9.96 Å². The van der Waals surface area contributed by atoms with Gasteiger partial charge in [0.05, 0.1) is 16.3 Å². The van der Waals surface area contributed by atoms with Crippen LogP contribution in [0.2, 0.25) is 0 Å². The topological polar surface area (TPSA) is 93.0 Å². The Kier molecular flexibility index (Phi) is 5.31. The van der Waals surface area contributed by atoms with Gasteiger partial charge in [0, 0.05) is 12.1 Å². The van der Waals surface area contributed by atoms with Gasteiger partial charge in [0.25, 0.3) is 11.6 Å². The fourth-order valence-electron chi connectivity index (χ4n) is 5.41. The quantitative estimate of drug-likeness (QED) is 0.222. The van der Waals surface area contributed by atoms with Crippen molar-refractivity contribution in [2.45, 2.75) is 17.6 Å². The summed E-state index contributed by atoms with van der Waals surface area (Å²) in [6.07, 6.45) is -1.19. The molecule has 6 rings (SSSR count). The predicted molar refractivity (Wildman–Crippen MR) is 137 cm³/mol. The molecule has 4 aromatic rings. The highest BCUT2D eigenvalue weighted by Gasteiger charge is 2.72. The maximum atomic E-state index is 14.6. The normalized spacial score (nSPS) is 22.8. The molecule has 3 atom stereocenters. The summed E-state index contributed by atoms with van der Waals surface area (Å²) in [5.74, 6) is -1.07. The van der Waals surface area contributed by atoms with E-state index in [9.17, 15) is 19.7 Å². The van der Waals surface area contributed by atoms with E-state index in [4.69, 9.17) is 4.84 Å². The number of non-ortho nitro benzene ring substituents is 1. The molecule has 8 heteroatoms. The van der Waals surface area contributed by atoms with Crippen LogP contribution in [-0.2, 0) is 19.8 Å². The number of nitrogens with zero attached hydrogens (tertiary/aromatic N) is 3. The van der Waals surface area contributed by atoms with Crippen LogP contribution in [0.25, 0.3) is 0 Å². The summed E-state index contributed by atoms with van der Waals surface area (Å²) < 4.78 is 0. The molecule has 0 N–H and O–H groups in total. The summed E-state index contributed by atoms with van der Waals surface area (Å²) >= 11 is 0. The summed E-state index contributed by atoms with van der Waals surface area (Å²) in [4.78, 5) is 46.9. The SMILES string of the molecule is O=C1[C@H]2ON(c3ccccc3)[C@H](c3ccccc3)[C@@]2(c2ccccc2)C(=O)N1c1cccc([N+](=O)[O-])c1. The summed E-state index contributed by atoms with van der Waals surface area (Å²) in [5.41, 5.74) is 0.591. The van der Waals surface area contributed by atoms with Crippen molar-refractivity contribution in [3.8, 4) is 0 Å². The molecule has 2 amide bonds. The number of hydrogen-bond acceptors (Lipinski definition) is 6. The van der Waals surface area contributed by atoms with E-state index in [-0.39, 0.29) is 11.4 Å². The molecule has 2 heterocycles. The van der Waals surface area contributed by atoms with Crippen molar-refractivity contribution in [3.63, 3.8) is 0 Å². The summed E-state index contributed by atoms with van der Waals surface area (Å²) in [6, 6.07) is 32.8. The van der Waals surface area contributed by atoms with E-state index in [0.29, 0.717) is 11.3 Å². The average molecular weight is 492 g/mol. The van der Waals surface area contributed by atoms with Crippen molar-refractivity contribution in [3.05, 3.63) is 137 Å². The van der Waals surface area contributed by atoms with Crippen LogP contribution >= 0.6 is 0 Å². The van der Waals surface area contributed by atoms with Crippen LogP contribution in [0.4, 0.5) is 17.1 Å². The molecule has 37 heavy (non-hydrogen) atoms. The molecule has 182 valence electrons. The van der Waals surface area contributed by atoms with E-state index in [1.807, 2.05) is 91.0 Å². The van der Waals surface area contributed by atoms with Crippen molar-refractivity contribution in [1.29, 1.82) is 0 Å². The summed E-state index contributed by atoms with van der Waals surface area (Å²) in [6.45, 7) is 0. The second-order valence-corrected chi connectivity index (χ2v) is 8.95. The van der Waals surface area contributed by atoms with Crippen LogP contribution in [0.1, 0.15) is 17.2 Å². The third-order valence-corrected chi connectivity index (χ3v) is 6.98. The zero-order chi connectivity index (χ0) is 25.6. The highest BCUT2D eigenvalue weighted by Crippen LogP contribution is 2.57. The van der Waals surface area contributed by atoms with Gasteiger partial charge in [0.15, 0.2) is 6.10 Å². The molecule has 0 unspecified atom stereocenters. The highest BCUT2D eigenvalue weighted by atomic mass is 16.7. The molecular weight excluding hydrogens is 470 g/mol. The van der Waals surface area contributed by atoms with Crippen LogP contribution in [0, 0.1) is 10.1 Å². The number of benzene rings is 4. The maximum absolute atomic E-state index is 14.6. The zero-order valence-corrected chi connectivity index (χ0v) is 19.5. The standard InChI is InChI=1S/C29H21N3O5/c33-27-26-29(21-13-6-2-7-14-21,28(34)30(27)23-17-10-18-24(19-23)32(35)36)25(20-11-4-1-5-12-20)31(37-26)22-15-8-3-9-16-22/h1-19,25-26H/t25-,26-,29-/m1/s1. The number of nitro benzene ring substituents is 1. The van der Waals surface area contributed by atoms with Gasteiger partial charge in [-0.2, -0.15) is 0 Å². The molecule has 0 aliphatic carbocycles. The Morgan fingerprint density at radius 3 is 2.00 bits per heavy atom. The van der Waals surface area contributed by atoms with Gasteiger partial charge >= 0.3 is 0 Å². The first-order valence-electron chi connectivity index (χ1n) is 11.8. The summed E-state index contributed by atoms with van der Waals surface area (Å²) in [5, 5.41) is 13.1. The maximum Gasteiger partial charge on any atom is 0.271 e. The number of imide groups is 1. The summed E-state index contributed by atoms with van der Waals surface area (Å²) in [7, 11) is 0. The second kappa shape index (κ2) is 8.69. The Hall–Kier alpha value is -4.82. The van der Waals surface area contributed by atoms with Crippen molar-refractivity contribution >= 4 is 28.9 Å². The van der Waals surface area contributed by atoms with E-state index in [1.54, 1.807) is 5.06 Å². The van der Waals surface area contributed by atoms with Gasteiger partial charge in [-0.25, -0.2) is 9.96 Å². The van der Waals surface area contributed by atoms with Gasteiger partial charge < -0.3 is 0 Å². The van der Waals surface area contributed by atoms with Gasteiger partial charge in [0.2, 0.25) is 5.91 Å². The lowest BCUT2D eigenvalue weighted by Crippen LogP contribution is -2.46. The molecule has 0 bridgehead atoms. The molecular formula is C29H21N3O5. The Morgan fingerprint density at radius 1 is 0.757 bits per heavy atom. The van der Waals surface area contributed by atoms with Crippen molar-refractivity contribution in [1.82, 2.24) is 0 Å². The Morgan fingerprint density at radius 2 is 1.35 bits per heavy atom. The van der Waals surface area contributed by atoms with Crippen LogP contribution in [0.3, 0.4) is 0 Å². The number of hydrogen-bond donors (Lipinski definition) is 0. The second-order valence-electron chi connectivity index (χ2n) is 8.95. The number of amides is 2. The number of para-hydroxylation sites is 1. The average Bonchev–Trinajstić information content (AvgIpc) is 3.41. The minimum absolute atomic E-state index is 0.135. The molecule has 2 fully saturated rings. The van der Waals surface area contributed by atoms with E-state index in [1.165, 1.54) is 24.3 Å². The number of nitro groups is 1. The first kappa shape index (κ1) is 22.6. The molecule has 2 aliphatic heterocycles. The Bertz CT molecular complexity index is 1500. The van der Waals surface area contributed by atoms with Gasteiger partial charge in [-0.05, 0) is 29.3 Å². The van der Waals surface area contributed by atoms with Gasteiger partial charge in [-0.15, -0.1) is 0 Å². The van der Waals surface area contributed by atoms with E-state index in [0.717, 1.165) is 10.5 Å². The third kappa shape index (κ3) is 3.34. The largest absolute Gasteiger partial charge is 0.273 e. The molecule has 0 radical (unpaired) electrons. The lowest BCUT2D eigenvalue weighted by Gasteiger charge is -2.35. The van der Waals surface area contributed by atoms with E-state index in [2.05, 4.69) is 0 Å². The number of carbonyl (C=O) groups excluding carboxylic acids is 2. The number of hydroxylamine groups is 1. The number of anilines is 2. The van der Waals surface area contributed by atoms with Crippen LogP contribution in [-0.4, -0.2) is 22.8 Å². The Balaban J connectivity index is 1.60. The van der Waals surface area contributed by atoms with Crippen LogP contribution in [0.15, 0.2) is 115 Å².